The maximum Gasteiger partial charge on any atom is 0.396 e. The zero-order valence-corrected chi connectivity index (χ0v) is 14.4. The topological polar surface area (TPSA) is 55.8 Å². The number of hydrogen-bond donors (Lipinski definition) is 1. The smallest absolute Gasteiger partial charge is 0.396 e. The normalized spacial score (nSPS) is 17.8. The molecular formula is C15H18IO4+. The fourth-order valence-electron chi connectivity index (χ4n) is 2.14. The minimum absolute atomic E-state index is 0.276. The summed E-state index contributed by atoms with van der Waals surface area (Å²) in [6, 6.07) is 4.16. The van der Waals surface area contributed by atoms with Crippen LogP contribution in [0.1, 0.15) is 30.5 Å². The summed E-state index contributed by atoms with van der Waals surface area (Å²) in [6.07, 6.45) is 0. The Morgan fingerprint density at radius 1 is 1.10 bits per heavy atom. The molecule has 108 valence electrons. The fourth-order valence-corrected chi connectivity index (χ4v) is 4.51. The molecule has 1 heterocycles. The lowest BCUT2D eigenvalue weighted by Gasteiger charge is -2.27. The van der Waals surface area contributed by atoms with E-state index < -0.39 is 33.0 Å². The van der Waals surface area contributed by atoms with Crippen LogP contribution in [0.4, 0.5) is 0 Å². The zero-order chi connectivity index (χ0) is 15.1. The molecule has 1 aromatic carbocycles. The SMILES string of the molecule is Cc1cc(C)c([I+]C2=C(O)OC(C)(C)OC2=O)c(C)c1. The first-order valence-corrected chi connectivity index (χ1v) is 8.43. The molecule has 0 aromatic heterocycles. The monoisotopic (exact) mass is 389 g/mol. The molecule has 4 nitrogen and oxygen atoms in total. The number of carbonyl (C=O) groups excluding carboxylic acids is 1. The van der Waals surface area contributed by atoms with E-state index >= 15 is 0 Å². The largest absolute Gasteiger partial charge is 0.477 e. The van der Waals surface area contributed by atoms with Gasteiger partial charge in [-0.2, -0.15) is 0 Å². The molecule has 0 radical (unpaired) electrons. The van der Waals surface area contributed by atoms with E-state index in [1.54, 1.807) is 13.8 Å². The number of halogens is 1. The van der Waals surface area contributed by atoms with Crippen LogP contribution in [0.15, 0.2) is 21.7 Å². The Balaban J connectivity index is 2.38. The molecule has 0 fully saturated rings. The van der Waals surface area contributed by atoms with E-state index in [0.717, 1.165) is 14.7 Å². The predicted octanol–water partition coefficient (Wildman–Crippen LogP) is -0.0929. The van der Waals surface area contributed by atoms with Crippen LogP contribution in [0, 0.1) is 24.3 Å². The summed E-state index contributed by atoms with van der Waals surface area (Å²) in [7, 11) is 0. The van der Waals surface area contributed by atoms with E-state index in [4.69, 9.17) is 9.47 Å². The highest BCUT2D eigenvalue weighted by atomic mass is 127. The first kappa shape index (κ1) is 15.2. The van der Waals surface area contributed by atoms with Crippen molar-refractivity contribution >= 4 is 5.97 Å². The molecule has 1 aliphatic rings. The van der Waals surface area contributed by atoms with Crippen molar-refractivity contribution in [2.24, 2.45) is 0 Å². The maximum absolute atomic E-state index is 12.0. The van der Waals surface area contributed by atoms with E-state index in [2.05, 4.69) is 12.1 Å². The molecule has 1 N–H and O–H groups in total. The van der Waals surface area contributed by atoms with Crippen LogP contribution >= 0.6 is 0 Å². The fraction of sp³-hybridized carbons (Fsp3) is 0.400. The molecule has 20 heavy (non-hydrogen) atoms. The van der Waals surface area contributed by atoms with Gasteiger partial charge in [0.05, 0.1) is 0 Å². The van der Waals surface area contributed by atoms with E-state index in [9.17, 15) is 9.90 Å². The van der Waals surface area contributed by atoms with Crippen LogP contribution in [-0.2, 0) is 14.3 Å². The van der Waals surface area contributed by atoms with Gasteiger partial charge in [-0.15, -0.1) is 0 Å². The minimum Gasteiger partial charge on any atom is -0.477 e. The van der Waals surface area contributed by atoms with E-state index in [-0.39, 0.29) is 9.53 Å². The van der Waals surface area contributed by atoms with Gasteiger partial charge < -0.3 is 14.6 Å². The second-order valence-electron chi connectivity index (χ2n) is 5.32. The van der Waals surface area contributed by atoms with Gasteiger partial charge in [0.1, 0.15) is 0 Å². The number of esters is 1. The Hall–Kier alpha value is -1.24. The van der Waals surface area contributed by atoms with Crippen molar-refractivity contribution in [3.8, 4) is 0 Å². The van der Waals surface area contributed by atoms with Crippen LogP contribution in [0.3, 0.4) is 0 Å². The minimum atomic E-state index is -1.11. The van der Waals surface area contributed by atoms with Gasteiger partial charge in [0.25, 0.3) is 5.79 Å². The summed E-state index contributed by atoms with van der Waals surface area (Å²) < 4.78 is 11.8. The second kappa shape index (κ2) is 5.27. The predicted molar refractivity (Wildman–Crippen MR) is 70.3 cm³/mol. The number of aryl methyl sites for hydroxylation is 3. The highest BCUT2D eigenvalue weighted by molar-refractivity contribution is 5.86. The third-order valence-corrected chi connectivity index (χ3v) is 6.50. The van der Waals surface area contributed by atoms with Crippen molar-refractivity contribution in [1.82, 2.24) is 0 Å². The van der Waals surface area contributed by atoms with Crippen LogP contribution in [0.5, 0.6) is 0 Å². The van der Waals surface area contributed by atoms with Gasteiger partial charge in [-0.05, 0) is 20.8 Å². The average molecular weight is 389 g/mol. The molecule has 0 amide bonds. The third kappa shape index (κ3) is 3.08. The Labute approximate surface area is 129 Å². The summed E-state index contributed by atoms with van der Waals surface area (Å²) in [5.74, 6) is -1.88. The Morgan fingerprint density at radius 2 is 1.65 bits per heavy atom. The highest BCUT2D eigenvalue weighted by Crippen LogP contribution is 2.21. The molecule has 2 rings (SSSR count). The van der Waals surface area contributed by atoms with Gasteiger partial charge in [-0.3, -0.25) is 0 Å². The lowest BCUT2D eigenvalue weighted by atomic mass is 10.1. The average Bonchev–Trinajstić information content (AvgIpc) is 2.24. The van der Waals surface area contributed by atoms with E-state index in [1.165, 1.54) is 5.56 Å². The number of cyclic esters (lactones) is 1. The Bertz CT molecular complexity index is 579. The Morgan fingerprint density at radius 3 is 2.15 bits per heavy atom. The third-order valence-electron chi connectivity index (χ3n) is 2.82. The number of carbonyl (C=O) groups is 1. The van der Waals surface area contributed by atoms with Gasteiger partial charge in [0, 0.05) is 25.0 Å². The number of aliphatic hydroxyl groups excluding tert-OH is 1. The molecule has 0 saturated carbocycles. The van der Waals surface area contributed by atoms with Crippen molar-refractivity contribution in [2.75, 3.05) is 0 Å². The molecule has 0 bridgehead atoms. The Kier molecular flexibility index (Phi) is 4.00. The summed E-state index contributed by atoms with van der Waals surface area (Å²) >= 11 is -0.843. The van der Waals surface area contributed by atoms with Crippen molar-refractivity contribution in [1.29, 1.82) is 0 Å². The van der Waals surface area contributed by atoms with Gasteiger partial charge in [-0.1, -0.05) is 17.7 Å². The van der Waals surface area contributed by atoms with Crippen molar-refractivity contribution in [3.05, 3.63) is 41.9 Å². The lowest BCUT2D eigenvalue weighted by Crippen LogP contribution is -3.61. The van der Waals surface area contributed by atoms with Crippen LogP contribution < -0.4 is 21.2 Å². The van der Waals surface area contributed by atoms with Gasteiger partial charge in [-0.25, -0.2) is 4.79 Å². The van der Waals surface area contributed by atoms with Gasteiger partial charge in [0.15, 0.2) is 0 Å². The summed E-state index contributed by atoms with van der Waals surface area (Å²) in [4.78, 5) is 12.0. The van der Waals surface area contributed by atoms with Crippen molar-refractivity contribution in [2.45, 2.75) is 40.4 Å². The lowest BCUT2D eigenvalue weighted by molar-refractivity contribution is -0.580. The molecule has 1 aromatic rings. The second-order valence-corrected chi connectivity index (χ2v) is 8.01. The molecule has 1 aliphatic heterocycles. The van der Waals surface area contributed by atoms with Crippen LogP contribution in [0.2, 0.25) is 0 Å². The zero-order valence-electron chi connectivity index (χ0n) is 12.2. The number of aliphatic hydroxyl groups is 1. The molecule has 0 aliphatic carbocycles. The molecule has 0 saturated heterocycles. The maximum atomic E-state index is 12.0. The van der Waals surface area contributed by atoms with Crippen LogP contribution in [-0.4, -0.2) is 16.9 Å². The van der Waals surface area contributed by atoms with E-state index in [1.807, 2.05) is 20.8 Å². The summed E-state index contributed by atoms with van der Waals surface area (Å²) in [6.45, 7) is 9.27. The highest BCUT2D eigenvalue weighted by Gasteiger charge is 2.45. The van der Waals surface area contributed by atoms with Crippen LogP contribution in [0.25, 0.3) is 0 Å². The molecule has 0 unspecified atom stereocenters. The molecule has 0 spiro atoms. The first-order valence-electron chi connectivity index (χ1n) is 6.28. The van der Waals surface area contributed by atoms with Gasteiger partial charge >= 0.3 is 36.7 Å². The number of benzene rings is 1. The van der Waals surface area contributed by atoms with E-state index in [0.29, 0.717) is 0 Å². The number of rotatable bonds is 2. The molecular weight excluding hydrogens is 371 g/mol. The summed E-state index contributed by atoms with van der Waals surface area (Å²) in [5.41, 5.74) is 3.45. The quantitative estimate of drug-likeness (QED) is 0.568. The molecule has 0 atom stereocenters. The standard InChI is InChI=1S/C15H17IO4/c1-8-6-9(2)11(10(3)7-8)16-12-13(17)19-15(4,5)20-14(12)18/h6-7H,1-5H3/p+1. The van der Waals surface area contributed by atoms with Crippen molar-refractivity contribution < 1.29 is 40.6 Å². The number of ether oxygens (including phenoxy) is 2. The van der Waals surface area contributed by atoms with Crippen molar-refractivity contribution in [3.63, 3.8) is 0 Å². The summed E-state index contributed by atoms with van der Waals surface area (Å²) in [5, 5.41) is 9.96. The molecule has 5 heteroatoms. The number of hydrogen-bond acceptors (Lipinski definition) is 4. The first-order chi connectivity index (χ1) is 9.19. The van der Waals surface area contributed by atoms with Gasteiger partial charge in [0.2, 0.25) is 3.57 Å².